The second-order valence-corrected chi connectivity index (χ2v) is 4.83. The number of rotatable bonds is 7. The van der Waals surface area contributed by atoms with Gasteiger partial charge in [0.15, 0.2) is 0 Å². The SMILES string of the molecule is C/C(=C\Cl)C/C=C/CCCC[C@@H]1CC=CC(=O)O1. The first-order valence-corrected chi connectivity index (χ1v) is 6.94. The second kappa shape index (κ2) is 8.98. The van der Waals surface area contributed by atoms with Crippen molar-refractivity contribution in [3.05, 3.63) is 35.4 Å². The van der Waals surface area contributed by atoms with Gasteiger partial charge in [-0.25, -0.2) is 4.79 Å². The van der Waals surface area contributed by atoms with Crippen LogP contribution in [0.3, 0.4) is 0 Å². The summed E-state index contributed by atoms with van der Waals surface area (Å²) in [6.45, 7) is 2.02. The van der Waals surface area contributed by atoms with Crippen LogP contribution in [0, 0.1) is 0 Å². The minimum atomic E-state index is -0.200. The highest BCUT2D eigenvalue weighted by molar-refractivity contribution is 6.25. The van der Waals surface area contributed by atoms with E-state index in [4.69, 9.17) is 16.3 Å². The van der Waals surface area contributed by atoms with E-state index in [1.54, 1.807) is 5.54 Å². The standard InChI is InChI=1S/C15H21ClO2/c1-13(12-16)8-5-3-2-4-6-9-14-10-7-11-15(17)18-14/h3,5,7,11-12,14H,2,4,6,8-10H2,1H3/b5-3+,13-12+/t14-/m1/s1. The molecule has 0 radical (unpaired) electrons. The maximum atomic E-state index is 11.0. The average molecular weight is 269 g/mol. The Morgan fingerprint density at radius 1 is 1.50 bits per heavy atom. The molecule has 0 aromatic carbocycles. The Morgan fingerprint density at radius 2 is 2.33 bits per heavy atom. The molecule has 1 atom stereocenters. The highest BCUT2D eigenvalue weighted by atomic mass is 35.5. The Labute approximate surface area is 114 Å². The fraction of sp³-hybridized carbons (Fsp3) is 0.533. The molecule has 0 unspecified atom stereocenters. The van der Waals surface area contributed by atoms with Crippen LogP contribution in [0.1, 0.15) is 45.4 Å². The number of carbonyl (C=O) groups excluding carboxylic acids is 1. The molecule has 0 saturated carbocycles. The zero-order chi connectivity index (χ0) is 13.2. The molecule has 1 heterocycles. The van der Waals surface area contributed by atoms with Crippen LogP contribution in [0.4, 0.5) is 0 Å². The molecular formula is C15H21ClO2. The summed E-state index contributed by atoms with van der Waals surface area (Å²) in [5.74, 6) is -0.200. The molecule has 0 N–H and O–H groups in total. The van der Waals surface area contributed by atoms with Gasteiger partial charge >= 0.3 is 5.97 Å². The van der Waals surface area contributed by atoms with Gasteiger partial charge < -0.3 is 4.74 Å². The van der Waals surface area contributed by atoms with E-state index < -0.39 is 0 Å². The van der Waals surface area contributed by atoms with Crippen LogP contribution in [-0.4, -0.2) is 12.1 Å². The third kappa shape index (κ3) is 6.65. The third-order valence-corrected chi connectivity index (χ3v) is 3.25. The van der Waals surface area contributed by atoms with E-state index in [-0.39, 0.29) is 12.1 Å². The number of ether oxygens (including phenoxy) is 1. The molecule has 1 aliphatic rings. The van der Waals surface area contributed by atoms with Crippen molar-refractivity contribution in [2.24, 2.45) is 0 Å². The van der Waals surface area contributed by atoms with Gasteiger partial charge in [-0.05, 0) is 39.0 Å². The van der Waals surface area contributed by atoms with E-state index in [1.165, 1.54) is 11.6 Å². The Balaban J connectivity index is 2.02. The van der Waals surface area contributed by atoms with Gasteiger partial charge in [-0.2, -0.15) is 0 Å². The zero-order valence-electron chi connectivity index (χ0n) is 10.9. The first-order valence-electron chi connectivity index (χ1n) is 6.50. The normalized spacial score (nSPS) is 20.4. The van der Waals surface area contributed by atoms with E-state index >= 15 is 0 Å². The highest BCUT2D eigenvalue weighted by Crippen LogP contribution is 2.15. The molecule has 2 nitrogen and oxygen atoms in total. The van der Waals surface area contributed by atoms with Crippen molar-refractivity contribution in [2.45, 2.75) is 51.6 Å². The molecule has 0 bridgehead atoms. The maximum Gasteiger partial charge on any atom is 0.330 e. The number of esters is 1. The van der Waals surface area contributed by atoms with E-state index in [0.29, 0.717) is 0 Å². The van der Waals surface area contributed by atoms with Crippen LogP contribution >= 0.6 is 11.6 Å². The van der Waals surface area contributed by atoms with Gasteiger partial charge in [0.25, 0.3) is 0 Å². The second-order valence-electron chi connectivity index (χ2n) is 4.61. The van der Waals surface area contributed by atoms with Crippen LogP contribution < -0.4 is 0 Å². The molecule has 0 saturated heterocycles. The summed E-state index contributed by atoms with van der Waals surface area (Å²) in [5, 5.41) is 0. The van der Waals surface area contributed by atoms with Crippen molar-refractivity contribution >= 4 is 17.6 Å². The van der Waals surface area contributed by atoms with Gasteiger partial charge in [0.2, 0.25) is 0 Å². The summed E-state index contributed by atoms with van der Waals surface area (Å²) >= 11 is 5.57. The molecule has 0 aromatic rings. The Morgan fingerprint density at radius 3 is 3.06 bits per heavy atom. The van der Waals surface area contributed by atoms with Gasteiger partial charge in [0, 0.05) is 18.0 Å². The minimum absolute atomic E-state index is 0.0907. The van der Waals surface area contributed by atoms with Crippen molar-refractivity contribution < 1.29 is 9.53 Å². The molecule has 0 fully saturated rings. The summed E-state index contributed by atoms with van der Waals surface area (Å²) in [6.07, 6.45) is 13.9. The van der Waals surface area contributed by atoms with Crippen molar-refractivity contribution in [3.63, 3.8) is 0 Å². The minimum Gasteiger partial charge on any atom is -0.459 e. The molecule has 0 amide bonds. The van der Waals surface area contributed by atoms with E-state index in [0.717, 1.165) is 38.5 Å². The molecule has 0 spiro atoms. The quantitative estimate of drug-likeness (QED) is 0.386. The monoisotopic (exact) mass is 268 g/mol. The lowest BCUT2D eigenvalue weighted by Crippen LogP contribution is -2.19. The van der Waals surface area contributed by atoms with Gasteiger partial charge in [-0.15, -0.1) is 0 Å². The largest absolute Gasteiger partial charge is 0.459 e. The van der Waals surface area contributed by atoms with Crippen LogP contribution in [-0.2, 0) is 9.53 Å². The Bertz CT molecular complexity index is 342. The number of hydrogen-bond acceptors (Lipinski definition) is 2. The molecule has 0 aromatic heterocycles. The first-order chi connectivity index (χ1) is 8.72. The number of carbonyl (C=O) groups is 1. The van der Waals surface area contributed by atoms with Crippen LogP contribution in [0.15, 0.2) is 35.4 Å². The summed E-state index contributed by atoms with van der Waals surface area (Å²) in [5.41, 5.74) is 2.80. The summed E-state index contributed by atoms with van der Waals surface area (Å²) < 4.78 is 5.19. The van der Waals surface area contributed by atoms with Crippen LogP contribution in [0.25, 0.3) is 0 Å². The van der Waals surface area contributed by atoms with Crippen LogP contribution in [0.5, 0.6) is 0 Å². The number of unbranched alkanes of at least 4 members (excludes halogenated alkanes) is 2. The smallest absolute Gasteiger partial charge is 0.330 e. The topological polar surface area (TPSA) is 26.3 Å². The maximum absolute atomic E-state index is 11.0. The summed E-state index contributed by atoms with van der Waals surface area (Å²) in [4.78, 5) is 11.0. The zero-order valence-corrected chi connectivity index (χ0v) is 11.7. The van der Waals surface area contributed by atoms with Crippen molar-refractivity contribution in [1.29, 1.82) is 0 Å². The first kappa shape index (κ1) is 15.0. The van der Waals surface area contributed by atoms with Gasteiger partial charge in [0.05, 0.1) is 0 Å². The van der Waals surface area contributed by atoms with Gasteiger partial charge in [-0.3, -0.25) is 0 Å². The van der Waals surface area contributed by atoms with Gasteiger partial charge in [0.1, 0.15) is 6.10 Å². The molecule has 0 aliphatic carbocycles. The molecule has 100 valence electrons. The molecule has 3 heteroatoms. The van der Waals surface area contributed by atoms with Crippen molar-refractivity contribution in [2.75, 3.05) is 0 Å². The van der Waals surface area contributed by atoms with Crippen molar-refractivity contribution in [3.8, 4) is 0 Å². The number of cyclic esters (lactones) is 1. The predicted molar refractivity (Wildman–Crippen MR) is 75.5 cm³/mol. The van der Waals surface area contributed by atoms with Crippen molar-refractivity contribution in [1.82, 2.24) is 0 Å². The Hall–Kier alpha value is -1.02. The summed E-state index contributed by atoms with van der Waals surface area (Å²) in [7, 11) is 0. The number of halogens is 1. The van der Waals surface area contributed by atoms with Crippen LogP contribution in [0.2, 0.25) is 0 Å². The lowest BCUT2D eigenvalue weighted by molar-refractivity contribution is -0.144. The lowest BCUT2D eigenvalue weighted by atomic mass is 10.1. The number of allylic oxidation sites excluding steroid dienone is 3. The van der Waals surface area contributed by atoms with E-state index in [1.807, 2.05) is 13.0 Å². The predicted octanol–water partition coefficient (Wildman–Crippen LogP) is 4.51. The lowest BCUT2D eigenvalue weighted by Gasteiger charge is -2.18. The highest BCUT2D eigenvalue weighted by Gasteiger charge is 2.14. The van der Waals surface area contributed by atoms with E-state index in [9.17, 15) is 4.79 Å². The molecular weight excluding hydrogens is 248 g/mol. The molecule has 18 heavy (non-hydrogen) atoms. The average Bonchev–Trinajstić information content (AvgIpc) is 2.37. The summed E-state index contributed by atoms with van der Waals surface area (Å²) in [6, 6.07) is 0. The third-order valence-electron chi connectivity index (χ3n) is 2.88. The van der Waals surface area contributed by atoms with E-state index in [2.05, 4.69) is 12.2 Å². The molecule has 1 rings (SSSR count). The fourth-order valence-corrected chi connectivity index (χ4v) is 1.90. The van der Waals surface area contributed by atoms with Gasteiger partial charge in [-0.1, -0.05) is 35.4 Å². The number of hydrogen-bond donors (Lipinski definition) is 0. The Kier molecular flexibility index (Phi) is 7.51. The molecule has 1 aliphatic heterocycles. The fourth-order valence-electron chi connectivity index (χ4n) is 1.81.